The van der Waals surface area contributed by atoms with Crippen molar-refractivity contribution < 1.29 is 0 Å². The van der Waals surface area contributed by atoms with E-state index in [-0.39, 0.29) is 0 Å². The Kier molecular flexibility index (Phi) is 4.01. The minimum atomic E-state index is 0.644. The van der Waals surface area contributed by atoms with Gasteiger partial charge in [0.15, 0.2) is 0 Å². The second-order valence-corrected chi connectivity index (χ2v) is 4.96. The van der Waals surface area contributed by atoms with E-state index < -0.39 is 0 Å². The number of rotatable bonds is 3. The Bertz CT molecular complexity index is 600. The normalized spacial score (nSPS) is 9.83. The minimum absolute atomic E-state index is 0.644. The van der Waals surface area contributed by atoms with Crippen molar-refractivity contribution in [2.75, 3.05) is 5.32 Å². The average molecular weight is 301 g/mol. The van der Waals surface area contributed by atoms with Crippen LogP contribution in [0.5, 0.6) is 0 Å². The van der Waals surface area contributed by atoms with Crippen LogP contribution in [0, 0.1) is 18.3 Å². The minimum Gasteiger partial charge on any atom is -0.380 e. The van der Waals surface area contributed by atoms with E-state index >= 15 is 0 Å². The third-order valence-electron chi connectivity index (χ3n) is 2.73. The van der Waals surface area contributed by atoms with Gasteiger partial charge in [-0.25, -0.2) is 0 Å². The molecule has 2 rings (SSSR count). The van der Waals surface area contributed by atoms with Gasteiger partial charge in [-0.3, -0.25) is 0 Å². The van der Waals surface area contributed by atoms with E-state index in [9.17, 15) is 0 Å². The van der Waals surface area contributed by atoms with Crippen LogP contribution in [0.2, 0.25) is 0 Å². The van der Waals surface area contributed by atoms with E-state index in [2.05, 4.69) is 46.4 Å². The Morgan fingerprint density at radius 3 is 2.72 bits per heavy atom. The molecule has 0 heterocycles. The standard InChI is InChI=1S/C15H13BrN2/c1-11-6-7-15(14(16)8-11)18-10-13-5-3-2-4-12(13)9-17/h2-8,18H,10H2,1H3. The molecular weight excluding hydrogens is 288 g/mol. The monoisotopic (exact) mass is 300 g/mol. The summed E-state index contributed by atoms with van der Waals surface area (Å²) < 4.78 is 1.04. The fourth-order valence-electron chi connectivity index (χ4n) is 1.74. The van der Waals surface area contributed by atoms with Gasteiger partial charge < -0.3 is 5.32 Å². The summed E-state index contributed by atoms with van der Waals surface area (Å²) in [6, 6.07) is 16.0. The molecule has 0 atom stereocenters. The highest BCUT2D eigenvalue weighted by Crippen LogP contribution is 2.24. The number of nitrogens with one attached hydrogen (secondary N) is 1. The molecule has 2 nitrogen and oxygen atoms in total. The molecular formula is C15H13BrN2. The van der Waals surface area contributed by atoms with Crippen molar-refractivity contribution >= 4 is 21.6 Å². The van der Waals surface area contributed by atoms with Crippen LogP contribution in [-0.2, 0) is 6.54 Å². The van der Waals surface area contributed by atoms with Crippen molar-refractivity contribution in [1.82, 2.24) is 0 Å². The van der Waals surface area contributed by atoms with Crippen LogP contribution < -0.4 is 5.32 Å². The van der Waals surface area contributed by atoms with Gasteiger partial charge >= 0.3 is 0 Å². The molecule has 18 heavy (non-hydrogen) atoms. The van der Waals surface area contributed by atoms with Crippen LogP contribution in [0.15, 0.2) is 46.9 Å². The highest BCUT2D eigenvalue weighted by molar-refractivity contribution is 9.10. The van der Waals surface area contributed by atoms with E-state index in [1.165, 1.54) is 5.56 Å². The Morgan fingerprint density at radius 1 is 1.22 bits per heavy atom. The summed E-state index contributed by atoms with van der Waals surface area (Å²) in [6.45, 7) is 2.70. The van der Waals surface area contributed by atoms with Crippen molar-refractivity contribution in [1.29, 1.82) is 5.26 Å². The summed E-state index contributed by atoms with van der Waals surface area (Å²) in [4.78, 5) is 0. The first-order chi connectivity index (χ1) is 8.70. The molecule has 0 saturated heterocycles. The molecule has 0 saturated carbocycles. The molecule has 2 aromatic carbocycles. The molecule has 0 aliphatic rings. The third kappa shape index (κ3) is 2.91. The number of nitrogens with zero attached hydrogens (tertiary/aromatic N) is 1. The number of hydrogen-bond donors (Lipinski definition) is 1. The van der Waals surface area contributed by atoms with Gasteiger partial charge in [-0.1, -0.05) is 24.3 Å². The lowest BCUT2D eigenvalue weighted by Crippen LogP contribution is -2.02. The van der Waals surface area contributed by atoms with Crippen LogP contribution >= 0.6 is 15.9 Å². The summed E-state index contributed by atoms with van der Waals surface area (Å²) in [5.41, 5.74) is 3.97. The molecule has 0 radical (unpaired) electrons. The third-order valence-corrected chi connectivity index (χ3v) is 3.39. The Hall–Kier alpha value is -1.79. The van der Waals surface area contributed by atoms with E-state index in [1.54, 1.807) is 0 Å². The van der Waals surface area contributed by atoms with Crippen LogP contribution in [0.25, 0.3) is 0 Å². The summed E-state index contributed by atoms with van der Waals surface area (Å²) in [5.74, 6) is 0. The maximum Gasteiger partial charge on any atom is 0.0995 e. The van der Waals surface area contributed by atoms with E-state index in [0.717, 1.165) is 15.7 Å². The van der Waals surface area contributed by atoms with Gasteiger partial charge in [0.05, 0.1) is 11.6 Å². The van der Waals surface area contributed by atoms with Gasteiger partial charge in [-0.05, 0) is 52.2 Å². The molecule has 0 aliphatic heterocycles. The first kappa shape index (κ1) is 12.7. The van der Waals surface area contributed by atoms with Crippen molar-refractivity contribution in [3.8, 4) is 6.07 Å². The fourth-order valence-corrected chi connectivity index (χ4v) is 2.37. The van der Waals surface area contributed by atoms with Gasteiger partial charge in [-0.15, -0.1) is 0 Å². The Balaban J connectivity index is 2.14. The maximum absolute atomic E-state index is 9.02. The first-order valence-electron chi connectivity index (χ1n) is 5.69. The van der Waals surface area contributed by atoms with E-state index in [1.807, 2.05) is 30.3 Å². The predicted octanol–water partition coefficient (Wildman–Crippen LogP) is 4.24. The zero-order valence-corrected chi connectivity index (χ0v) is 11.7. The molecule has 0 unspecified atom stereocenters. The quantitative estimate of drug-likeness (QED) is 0.920. The number of hydrogen-bond acceptors (Lipinski definition) is 2. The van der Waals surface area contributed by atoms with Gasteiger partial charge in [0.25, 0.3) is 0 Å². The molecule has 3 heteroatoms. The number of benzene rings is 2. The summed E-state index contributed by atoms with van der Waals surface area (Å²) in [6.07, 6.45) is 0. The Labute approximate surface area is 115 Å². The molecule has 0 spiro atoms. The summed E-state index contributed by atoms with van der Waals surface area (Å²) in [5, 5.41) is 12.4. The van der Waals surface area contributed by atoms with Gasteiger partial charge in [0.2, 0.25) is 0 Å². The lowest BCUT2D eigenvalue weighted by molar-refractivity contribution is 1.13. The summed E-state index contributed by atoms with van der Waals surface area (Å²) >= 11 is 3.53. The van der Waals surface area contributed by atoms with Crippen LogP contribution in [0.1, 0.15) is 16.7 Å². The largest absolute Gasteiger partial charge is 0.380 e. The number of aryl methyl sites for hydroxylation is 1. The smallest absolute Gasteiger partial charge is 0.0995 e. The molecule has 0 fully saturated rings. The van der Waals surface area contributed by atoms with Gasteiger partial charge in [-0.2, -0.15) is 5.26 Å². The van der Waals surface area contributed by atoms with Gasteiger partial charge in [0, 0.05) is 16.7 Å². The van der Waals surface area contributed by atoms with Crippen LogP contribution in [-0.4, -0.2) is 0 Å². The summed E-state index contributed by atoms with van der Waals surface area (Å²) in [7, 11) is 0. The van der Waals surface area contributed by atoms with E-state index in [0.29, 0.717) is 12.1 Å². The SMILES string of the molecule is Cc1ccc(NCc2ccccc2C#N)c(Br)c1. The molecule has 0 bridgehead atoms. The highest BCUT2D eigenvalue weighted by atomic mass is 79.9. The lowest BCUT2D eigenvalue weighted by atomic mass is 10.1. The topological polar surface area (TPSA) is 35.8 Å². The molecule has 0 aliphatic carbocycles. The Morgan fingerprint density at radius 2 is 2.00 bits per heavy atom. The lowest BCUT2D eigenvalue weighted by Gasteiger charge is -2.10. The van der Waals surface area contributed by atoms with Gasteiger partial charge in [0.1, 0.15) is 0 Å². The van der Waals surface area contributed by atoms with Crippen LogP contribution in [0.3, 0.4) is 0 Å². The molecule has 2 aromatic rings. The van der Waals surface area contributed by atoms with Crippen molar-refractivity contribution in [2.45, 2.75) is 13.5 Å². The molecule has 0 amide bonds. The number of halogens is 1. The van der Waals surface area contributed by atoms with Crippen LogP contribution in [0.4, 0.5) is 5.69 Å². The molecule has 90 valence electrons. The van der Waals surface area contributed by atoms with Crippen molar-refractivity contribution in [2.24, 2.45) is 0 Å². The predicted molar refractivity (Wildman–Crippen MR) is 77.4 cm³/mol. The molecule has 0 aromatic heterocycles. The maximum atomic E-state index is 9.02. The zero-order chi connectivity index (χ0) is 13.0. The van der Waals surface area contributed by atoms with Crippen molar-refractivity contribution in [3.05, 3.63) is 63.6 Å². The van der Waals surface area contributed by atoms with Crippen molar-refractivity contribution in [3.63, 3.8) is 0 Å². The van der Waals surface area contributed by atoms with E-state index in [4.69, 9.17) is 5.26 Å². The zero-order valence-electron chi connectivity index (χ0n) is 10.1. The first-order valence-corrected chi connectivity index (χ1v) is 6.48. The number of anilines is 1. The fraction of sp³-hybridized carbons (Fsp3) is 0.133. The second kappa shape index (κ2) is 5.70. The second-order valence-electron chi connectivity index (χ2n) is 4.11. The molecule has 1 N–H and O–H groups in total. The number of nitriles is 1. The highest BCUT2D eigenvalue weighted by Gasteiger charge is 2.02. The average Bonchev–Trinajstić information content (AvgIpc) is 2.38.